The highest BCUT2D eigenvalue weighted by atomic mass is 28.3. The van der Waals surface area contributed by atoms with Gasteiger partial charge in [0.25, 0.3) is 14.6 Å². The molecule has 0 spiro atoms. The maximum Gasteiger partial charge on any atom is 0.423 e. The van der Waals surface area contributed by atoms with Gasteiger partial charge in [-0.25, -0.2) is 4.79 Å². The van der Waals surface area contributed by atoms with Gasteiger partial charge in [-0.1, -0.05) is 75.4 Å². The van der Waals surface area contributed by atoms with Gasteiger partial charge in [0.05, 0.1) is 12.7 Å². The molecule has 0 amide bonds. The Labute approximate surface area is 213 Å². The van der Waals surface area contributed by atoms with Crippen molar-refractivity contribution in [1.29, 1.82) is 0 Å². The van der Waals surface area contributed by atoms with Crippen LogP contribution in [0, 0.1) is 0 Å². The number of rotatable bonds is 6. The lowest BCUT2D eigenvalue weighted by Gasteiger charge is -2.23. The molecule has 37 heavy (non-hydrogen) atoms. The number of hydrogen-bond donors (Lipinski definition) is 2. The lowest BCUT2D eigenvalue weighted by Crippen LogP contribution is -2.47. The Morgan fingerprint density at radius 1 is 1.05 bits per heavy atom. The number of ether oxygens (including phenoxy) is 1. The third-order valence-electron chi connectivity index (χ3n) is 6.23. The summed E-state index contributed by atoms with van der Waals surface area (Å²) in [5.74, 6) is 0. The first-order valence-corrected chi connectivity index (χ1v) is 13.2. The average Bonchev–Trinajstić information content (AvgIpc) is 3.19. The number of aromatic nitrogens is 2. The highest BCUT2D eigenvalue weighted by molar-refractivity contribution is 6.80. The molecular formula is C26H28F3N2O5Si. The summed E-state index contributed by atoms with van der Waals surface area (Å²) in [5.41, 5.74) is -2.93. The van der Waals surface area contributed by atoms with Crippen LogP contribution in [-0.2, 0) is 20.8 Å². The lowest BCUT2D eigenvalue weighted by molar-refractivity contribution is -0.139. The molecule has 3 atom stereocenters. The molecule has 1 aromatic heterocycles. The van der Waals surface area contributed by atoms with Crippen LogP contribution in [0.15, 0.2) is 70.4 Å². The van der Waals surface area contributed by atoms with Crippen LogP contribution in [0.25, 0.3) is 0 Å². The Balaban J connectivity index is 1.54. The molecule has 3 aromatic rings. The molecule has 1 fully saturated rings. The van der Waals surface area contributed by atoms with Gasteiger partial charge in [-0.15, -0.1) is 0 Å². The topological polar surface area (TPSA) is 93.5 Å². The first kappa shape index (κ1) is 27.1. The van der Waals surface area contributed by atoms with Gasteiger partial charge in [-0.3, -0.25) is 14.3 Å². The molecule has 1 aliphatic rings. The lowest BCUT2D eigenvalue weighted by atomic mass is 9.87. The average molecular weight is 534 g/mol. The summed E-state index contributed by atoms with van der Waals surface area (Å²) in [4.78, 5) is 25.5. The van der Waals surface area contributed by atoms with E-state index in [4.69, 9.17) is 9.16 Å². The smallest absolute Gasteiger partial charge is 0.405 e. The number of aromatic amines is 1. The largest absolute Gasteiger partial charge is 0.423 e. The van der Waals surface area contributed by atoms with Crippen LogP contribution in [0.5, 0.6) is 0 Å². The van der Waals surface area contributed by atoms with Crippen LogP contribution in [0.2, 0.25) is 0 Å². The number of halogens is 3. The molecule has 2 heterocycles. The van der Waals surface area contributed by atoms with Crippen molar-refractivity contribution >= 4 is 19.4 Å². The van der Waals surface area contributed by atoms with E-state index in [1.165, 1.54) is 5.56 Å². The van der Waals surface area contributed by atoms with Gasteiger partial charge >= 0.3 is 11.9 Å². The minimum absolute atomic E-state index is 0.0123. The van der Waals surface area contributed by atoms with E-state index in [2.05, 4.69) is 32.9 Å². The van der Waals surface area contributed by atoms with Crippen molar-refractivity contribution in [1.82, 2.24) is 9.55 Å². The van der Waals surface area contributed by atoms with Crippen LogP contribution in [0.1, 0.15) is 44.5 Å². The molecule has 1 saturated heterocycles. The summed E-state index contributed by atoms with van der Waals surface area (Å²) in [6.07, 6.45) is -7.80. The van der Waals surface area contributed by atoms with Gasteiger partial charge in [0, 0.05) is 12.6 Å². The van der Waals surface area contributed by atoms with Gasteiger partial charge < -0.3 is 14.3 Å². The van der Waals surface area contributed by atoms with Crippen LogP contribution >= 0.6 is 0 Å². The monoisotopic (exact) mass is 533 g/mol. The van der Waals surface area contributed by atoms with E-state index >= 15 is 0 Å². The third-order valence-corrected chi connectivity index (χ3v) is 8.40. The molecular weight excluding hydrogens is 505 g/mol. The van der Waals surface area contributed by atoms with Crippen LogP contribution in [-0.4, -0.2) is 42.5 Å². The number of alkyl halides is 3. The first-order valence-electron chi connectivity index (χ1n) is 11.8. The predicted molar refractivity (Wildman–Crippen MR) is 133 cm³/mol. The maximum atomic E-state index is 13.2. The molecule has 4 rings (SSSR count). The second-order valence-corrected chi connectivity index (χ2v) is 12.1. The second kappa shape index (κ2) is 10.4. The minimum atomic E-state index is -4.95. The number of H-pyrrole nitrogens is 1. The standard InChI is InChI=1S/C26H28F3N2O5Si/c1-25(2,3)16-9-11-18(12-10-16)37(17-7-5-4-6-8-17)35-15-21-20(32)13-22(36-21)31-14-19(26(27,28)29)23(33)30-24(31)34/h4-12,14,20-22,32H,13,15H2,1-3H3,(H,30,33,34)/t20-,21+,22+/m0/s1. The molecule has 0 saturated carbocycles. The first-order chi connectivity index (χ1) is 17.3. The summed E-state index contributed by atoms with van der Waals surface area (Å²) in [6.45, 7) is 6.35. The maximum absolute atomic E-state index is 13.2. The normalized spacial score (nSPS) is 20.5. The van der Waals surface area contributed by atoms with E-state index in [9.17, 15) is 27.9 Å². The quantitative estimate of drug-likeness (QED) is 0.475. The van der Waals surface area contributed by atoms with Gasteiger partial charge in [0.1, 0.15) is 17.9 Å². The fraction of sp³-hybridized carbons (Fsp3) is 0.385. The molecule has 2 N–H and O–H groups in total. The summed E-state index contributed by atoms with van der Waals surface area (Å²) in [7, 11) is -1.75. The van der Waals surface area contributed by atoms with E-state index in [1.54, 1.807) is 4.98 Å². The Bertz CT molecular complexity index is 1330. The number of hydrogen-bond acceptors (Lipinski definition) is 5. The molecule has 2 aromatic carbocycles. The zero-order valence-corrected chi connectivity index (χ0v) is 21.6. The van der Waals surface area contributed by atoms with Crippen LogP contribution < -0.4 is 21.6 Å². The highest BCUT2D eigenvalue weighted by Crippen LogP contribution is 2.30. The molecule has 7 nitrogen and oxygen atoms in total. The molecule has 0 bridgehead atoms. The summed E-state index contributed by atoms with van der Waals surface area (Å²) in [5, 5.41) is 12.5. The van der Waals surface area contributed by atoms with Crippen molar-refractivity contribution in [3.05, 3.63) is 92.8 Å². The zero-order valence-electron chi connectivity index (χ0n) is 20.6. The zero-order chi connectivity index (χ0) is 27.0. The fourth-order valence-corrected chi connectivity index (χ4v) is 6.11. The number of nitrogens with one attached hydrogen (secondary N) is 1. The number of aliphatic hydroxyl groups is 1. The van der Waals surface area contributed by atoms with Crippen molar-refractivity contribution < 1.29 is 27.4 Å². The van der Waals surface area contributed by atoms with Gasteiger partial charge in [0.2, 0.25) is 0 Å². The summed E-state index contributed by atoms with van der Waals surface area (Å²) >= 11 is 0. The fourth-order valence-electron chi connectivity index (χ4n) is 4.15. The van der Waals surface area contributed by atoms with Gasteiger partial charge in [-0.2, -0.15) is 13.2 Å². The molecule has 0 unspecified atom stereocenters. The van der Waals surface area contributed by atoms with Crippen LogP contribution in [0.4, 0.5) is 13.2 Å². The van der Waals surface area contributed by atoms with Crippen LogP contribution in [0.3, 0.4) is 0 Å². The highest BCUT2D eigenvalue weighted by Gasteiger charge is 2.39. The third kappa shape index (κ3) is 6.12. The Hall–Kier alpha value is -2.99. The molecule has 197 valence electrons. The number of benzene rings is 2. The Kier molecular flexibility index (Phi) is 7.61. The molecule has 11 heteroatoms. The van der Waals surface area contributed by atoms with Crippen molar-refractivity contribution in [2.45, 2.75) is 57.2 Å². The van der Waals surface area contributed by atoms with Gasteiger partial charge in [0.15, 0.2) is 0 Å². The molecule has 0 aliphatic carbocycles. The van der Waals surface area contributed by atoms with E-state index in [-0.39, 0.29) is 18.4 Å². The molecule has 1 radical (unpaired) electrons. The van der Waals surface area contributed by atoms with E-state index in [1.807, 2.05) is 42.5 Å². The Morgan fingerprint density at radius 2 is 1.68 bits per heavy atom. The molecule has 1 aliphatic heterocycles. The van der Waals surface area contributed by atoms with Crippen molar-refractivity contribution in [2.75, 3.05) is 6.61 Å². The van der Waals surface area contributed by atoms with E-state index in [0.29, 0.717) is 10.8 Å². The van der Waals surface area contributed by atoms with Crippen molar-refractivity contribution in [3.8, 4) is 0 Å². The minimum Gasteiger partial charge on any atom is -0.405 e. The SMILES string of the molecule is CC(C)(C)c1ccc([Si](OC[C@H]2O[C@@H](n3cc(C(F)(F)F)c(=O)[nH]c3=O)C[C@@H]2O)c2ccccc2)cc1. The number of aliphatic hydroxyl groups excluding tert-OH is 1. The number of nitrogens with zero attached hydrogens (tertiary/aromatic N) is 1. The van der Waals surface area contributed by atoms with Crippen molar-refractivity contribution in [3.63, 3.8) is 0 Å². The summed E-state index contributed by atoms with van der Waals surface area (Å²) in [6, 6.07) is 17.8. The summed E-state index contributed by atoms with van der Waals surface area (Å²) < 4.78 is 52.2. The van der Waals surface area contributed by atoms with Crippen molar-refractivity contribution in [2.24, 2.45) is 0 Å². The van der Waals surface area contributed by atoms with E-state index in [0.717, 1.165) is 10.4 Å². The van der Waals surface area contributed by atoms with Gasteiger partial charge in [-0.05, 0) is 21.4 Å². The Morgan fingerprint density at radius 3 is 2.27 bits per heavy atom. The van der Waals surface area contributed by atoms with E-state index < -0.39 is 50.5 Å². The second-order valence-electron chi connectivity index (χ2n) is 9.97. The predicted octanol–water partition coefficient (Wildman–Crippen LogP) is 2.32.